The van der Waals surface area contributed by atoms with Crippen molar-refractivity contribution in [3.05, 3.63) is 42.4 Å². The zero-order valence-electron chi connectivity index (χ0n) is 10.4. The molecular weight excluding hydrogens is 238 g/mol. The Morgan fingerprint density at radius 3 is 3.05 bits per heavy atom. The molecule has 1 aromatic carbocycles. The second kappa shape index (κ2) is 4.13. The fourth-order valence-electron chi connectivity index (χ4n) is 2.58. The summed E-state index contributed by atoms with van der Waals surface area (Å²) in [6.45, 7) is 2.64. The van der Waals surface area contributed by atoms with Crippen LogP contribution in [0.15, 0.2) is 36.5 Å². The lowest BCUT2D eigenvalue weighted by Crippen LogP contribution is -2.28. The minimum absolute atomic E-state index is 0.783. The minimum Gasteiger partial charge on any atom is -0.309 e. The van der Waals surface area contributed by atoms with Crippen molar-refractivity contribution in [1.82, 2.24) is 25.1 Å². The van der Waals surface area contributed by atoms with Gasteiger partial charge in [-0.1, -0.05) is 18.2 Å². The molecule has 0 unspecified atom stereocenters. The molecule has 4 rings (SSSR count). The van der Waals surface area contributed by atoms with Crippen LogP contribution in [0, 0.1) is 0 Å². The van der Waals surface area contributed by atoms with E-state index in [1.807, 2.05) is 18.3 Å². The van der Waals surface area contributed by atoms with Crippen LogP contribution in [0.4, 0.5) is 0 Å². The summed E-state index contributed by atoms with van der Waals surface area (Å²) in [6.07, 6.45) is 1.82. The molecule has 0 radical (unpaired) electrons. The summed E-state index contributed by atoms with van der Waals surface area (Å²) in [5.74, 6) is 1.91. The first kappa shape index (κ1) is 10.6. The minimum atomic E-state index is 0.783. The second-order valence-corrected chi connectivity index (χ2v) is 4.65. The highest BCUT2D eigenvalue weighted by molar-refractivity contribution is 5.91. The Morgan fingerprint density at radius 1 is 1.11 bits per heavy atom. The molecule has 1 aliphatic rings. The molecule has 3 aromatic rings. The summed E-state index contributed by atoms with van der Waals surface area (Å²) in [5, 5.41) is 13.0. The number of fused-ring (bicyclic) bond motifs is 2. The first-order valence-corrected chi connectivity index (χ1v) is 6.40. The fraction of sp³-hybridized carbons (Fsp3) is 0.214. The van der Waals surface area contributed by atoms with Gasteiger partial charge in [0.25, 0.3) is 0 Å². The van der Waals surface area contributed by atoms with Crippen LogP contribution in [0.1, 0.15) is 5.82 Å². The Hall–Kier alpha value is -2.27. The van der Waals surface area contributed by atoms with E-state index in [2.05, 4.69) is 43.3 Å². The molecule has 0 aliphatic carbocycles. The van der Waals surface area contributed by atoms with Gasteiger partial charge in [-0.2, -0.15) is 0 Å². The number of hydrogen-bond donors (Lipinski definition) is 1. The lowest BCUT2D eigenvalue weighted by atomic mass is 10.1. The Kier molecular flexibility index (Phi) is 2.31. The van der Waals surface area contributed by atoms with E-state index >= 15 is 0 Å². The maximum Gasteiger partial charge on any atom is 0.166 e. The number of rotatable bonds is 1. The van der Waals surface area contributed by atoms with E-state index in [4.69, 9.17) is 0 Å². The highest BCUT2D eigenvalue weighted by Crippen LogP contribution is 2.26. The summed E-state index contributed by atoms with van der Waals surface area (Å²) < 4.78 is 2.18. The topological polar surface area (TPSA) is 55.6 Å². The maximum atomic E-state index is 4.49. The van der Waals surface area contributed by atoms with Gasteiger partial charge in [0.15, 0.2) is 5.82 Å². The Bertz CT molecular complexity index is 741. The van der Waals surface area contributed by atoms with Gasteiger partial charge in [0.2, 0.25) is 0 Å². The van der Waals surface area contributed by atoms with Gasteiger partial charge in [-0.25, -0.2) is 0 Å². The standard InChI is InChI=1S/C14H13N5/c1-3-10-4-2-6-16-13(10)11(5-1)14-18-17-12-9-15-7-8-19(12)14/h1-6,15H,7-9H2. The van der Waals surface area contributed by atoms with Crippen molar-refractivity contribution in [3.63, 3.8) is 0 Å². The number of para-hydroxylation sites is 1. The molecule has 2 aromatic heterocycles. The highest BCUT2D eigenvalue weighted by Gasteiger charge is 2.18. The fourth-order valence-corrected chi connectivity index (χ4v) is 2.58. The van der Waals surface area contributed by atoms with Crippen molar-refractivity contribution in [1.29, 1.82) is 0 Å². The molecule has 0 saturated carbocycles. The molecule has 1 aliphatic heterocycles. The molecule has 5 nitrogen and oxygen atoms in total. The van der Waals surface area contributed by atoms with Gasteiger partial charge in [0, 0.05) is 30.2 Å². The molecule has 0 spiro atoms. The van der Waals surface area contributed by atoms with E-state index in [9.17, 15) is 0 Å². The van der Waals surface area contributed by atoms with Crippen LogP contribution >= 0.6 is 0 Å². The van der Waals surface area contributed by atoms with Crippen LogP contribution in [0.25, 0.3) is 22.3 Å². The van der Waals surface area contributed by atoms with Crippen molar-refractivity contribution < 1.29 is 0 Å². The van der Waals surface area contributed by atoms with Gasteiger partial charge >= 0.3 is 0 Å². The van der Waals surface area contributed by atoms with Crippen LogP contribution in [0.5, 0.6) is 0 Å². The summed E-state index contributed by atoms with van der Waals surface area (Å²) >= 11 is 0. The molecule has 19 heavy (non-hydrogen) atoms. The largest absolute Gasteiger partial charge is 0.309 e. The third kappa shape index (κ3) is 1.62. The molecule has 0 saturated heterocycles. The van der Waals surface area contributed by atoms with E-state index < -0.39 is 0 Å². The third-order valence-electron chi connectivity index (χ3n) is 3.50. The Labute approximate surface area is 110 Å². The first-order valence-electron chi connectivity index (χ1n) is 6.40. The van der Waals surface area contributed by atoms with E-state index in [0.29, 0.717) is 0 Å². The van der Waals surface area contributed by atoms with Crippen LogP contribution in [-0.2, 0) is 13.1 Å². The zero-order valence-corrected chi connectivity index (χ0v) is 10.4. The second-order valence-electron chi connectivity index (χ2n) is 4.65. The lowest BCUT2D eigenvalue weighted by molar-refractivity contribution is 0.508. The lowest BCUT2D eigenvalue weighted by Gasteiger charge is -2.16. The molecule has 1 N–H and O–H groups in total. The van der Waals surface area contributed by atoms with Crippen LogP contribution < -0.4 is 5.32 Å². The van der Waals surface area contributed by atoms with Crippen molar-refractivity contribution in [2.24, 2.45) is 0 Å². The van der Waals surface area contributed by atoms with Gasteiger partial charge in [0.1, 0.15) is 5.82 Å². The van der Waals surface area contributed by atoms with Crippen molar-refractivity contribution in [2.45, 2.75) is 13.1 Å². The first-order chi connectivity index (χ1) is 9.43. The maximum absolute atomic E-state index is 4.49. The average molecular weight is 251 g/mol. The Balaban J connectivity index is 1.98. The SMILES string of the molecule is c1cnc2c(-c3nnc4n3CCNC4)cccc2c1. The van der Waals surface area contributed by atoms with Crippen LogP contribution in [-0.4, -0.2) is 26.3 Å². The van der Waals surface area contributed by atoms with Crippen molar-refractivity contribution >= 4 is 10.9 Å². The van der Waals surface area contributed by atoms with Gasteiger partial charge in [-0.05, 0) is 12.1 Å². The number of nitrogens with one attached hydrogen (secondary N) is 1. The van der Waals surface area contributed by atoms with Crippen LogP contribution in [0.2, 0.25) is 0 Å². The summed E-state index contributed by atoms with van der Waals surface area (Å²) in [5.41, 5.74) is 2.04. The molecular formula is C14H13N5. The predicted octanol–water partition coefficient (Wildman–Crippen LogP) is 1.60. The number of pyridine rings is 1. The monoisotopic (exact) mass is 251 g/mol. The van der Waals surface area contributed by atoms with Gasteiger partial charge in [-0.15, -0.1) is 10.2 Å². The smallest absolute Gasteiger partial charge is 0.166 e. The van der Waals surface area contributed by atoms with E-state index in [0.717, 1.165) is 47.7 Å². The number of benzene rings is 1. The molecule has 0 bridgehead atoms. The number of hydrogen-bond acceptors (Lipinski definition) is 4. The van der Waals surface area contributed by atoms with Crippen LogP contribution in [0.3, 0.4) is 0 Å². The predicted molar refractivity (Wildman–Crippen MR) is 72.5 cm³/mol. The van der Waals surface area contributed by atoms with E-state index in [1.165, 1.54) is 0 Å². The molecule has 3 heterocycles. The Morgan fingerprint density at radius 2 is 2.05 bits per heavy atom. The normalized spacial score (nSPS) is 14.5. The number of nitrogens with zero attached hydrogens (tertiary/aromatic N) is 4. The van der Waals surface area contributed by atoms with Crippen molar-refractivity contribution in [3.8, 4) is 11.4 Å². The van der Waals surface area contributed by atoms with Gasteiger partial charge in [0.05, 0.1) is 12.1 Å². The quantitative estimate of drug-likeness (QED) is 0.713. The summed E-state index contributed by atoms with van der Waals surface area (Å²) in [6, 6.07) is 10.2. The van der Waals surface area contributed by atoms with Crippen molar-refractivity contribution in [2.75, 3.05) is 6.54 Å². The average Bonchev–Trinajstić information content (AvgIpc) is 2.90. The summed E-state index contributed by atoms with van der Waals surface area (Å²) in [7, 11) is 0. The van der Waals surface area contributed by atoms with Gasteiger partial charge < -0.3 is 9.88 Å². The highest BCUT2D eigenvalue weighted by atomic mass is 15.3. The summed E-state index contributed by atoms with van der Waals surface area (Å²) in [4.78, 5) is 4.49. The molecule has 0 amide bonds. The molecule has 0 fully saturated rings. The molecule has 94 valence electrons. The number of aromatic nitrogens is 4. The van der Waals surface area contributed by atoms with E-state index in [-0.39, 0.29) is 0 Å². The molecule has 0 atom stereocenters. The van der Waals surface area contributed by atoms with Gasteiger partial charge in [-0.3, -0.25) is 4.98 Å². The third-order valence-corrected chi connectivity index (χ3v) is 3.50. The van der Waals surface area contributed by atoms with E-state index in [1.54, 1.807) is 0 Å². The molecule has 5 heteroatoms. The zero-order chi connectivity index (χ0) is 12.7.